The van der Waals surface area contributed by atoms with E-state index in [1.165, 1.54) is 4.57 Å². The second kappa shape index (κ2) is 7.16. The van der Waals surface area contributed by atoms with Crippen molar-refractivity contribution in [2.24, 2.45) is 7.05 Å². The fourth-order valence-corrected chi connectivity index (χ4v) is 3.92. The van der Waals surface area contributed by atoms with Crippen LogP contribution in [-0.2, 0) is 23.9 Å². The molecule has 3 aromatic rings. The summed E-state index contributed by atoms with van der Waals surface area (Å²) < 4.78 is 1.39. The first-order chi connectivity index (χ1) is 14.0. The van der Waals surface area contributed by atoms with E-state index in [4.69, 9.17) is 0 Å². The summed E-state index contributed by atoms with van der Waals surface area (Å²) in [5.41, 5.74) is -0.00728. The Morgan fingerprint density at radius 2 is 1.69 bits per heavy atom. The number of carbonyl (C=O) groups excluding carboxylic acids is 2. The predicted molar refractivity (Wildman–Crippen MR) is 109 cm³/mol. The van der Waals surface area contributed by atoms with E-state index in [0.717, 1.165) is 16.9 Å². The molecule has 1 saturated heterocycles. The molecule has 0 spiro atoms. The molecule has 4 rings (SSSR count). The Morgan fingerprint density at radius 1 is 1.00 bits per heavy atom. The van der Waals surface area contributed by atoms with Gasteiger partial charge in [-0.25, -0.2) is 9.78 Å². The zero-order chi connectivity index (χ0) is 20.6. The largest absolute Gasteiger partial charge is 0.325 e. The van der Waals surface area contributed by atoms with Crippen LogP contribution in [0.3, 0.4) is 0 Å². The average Bonchev–Trinajstić information content (AvgIpc) is 2.98. The maximum atomic E-state index is 13.4. The zero-order valence-electron chi connectivity index (χ0n) is 16.4. The summed E-state index contributed by atoms with van der Waals surface area (Å²) in [7, 11) is 1.60. The van der Waals surface area contributed by atoms with Crippen LogP contribution in [-0.4, -0.2) is 26.4 Å². The summed E-state index contributed by atoms with van der Waals surface area (Å²) in [6, 6.07) is 15.8. The van der Waals surface area contributed by atoms with Crippen molar-refractivity contribution in [3.63, 3.8) is 0 Å². The molecule has 1 fully saturated rings. The van der Waals surface area contributed by atoms with Crippen LogP contribution in [0.1, 0.15) is 31.2 Å². The van der Waals surface area contributed by atoms with E-state index in [2.05, 4.69) is 10.3 Å². The summed E-state index contributed by atoms with van der Waals surface area (Å²) >= 11 is 0. The predicted octanol–water partition coefficient (Wildman–Crippen LogP) is 2.68. The number of aromatic nitrogens is 2. The third kappa shape index (κ3) is 2.99. The van der Waals surface area contributed by atoms with E-state index in [0.29, 0.717) is 23.1 Å². The lowest BCUT2D eigenvalue weighted by molar-refractivity contribution is -0.132. The Balaban J connectivity index is 1.74. The topological polar surface area (TPSA) is 84.3 Å². The van der Waals surface area contributed by atoms with Gasteiger partial charge in [0.1, 0.15) is 11.4 Å². The number of benzene rings is 2. The van der Waals surface area contributed by atoms with Crippen molar-refractivity contribution in [2.75, 3.05) is 0 Å². The Kier molecular flexibility index (Phi) is 4.66. The van der Waals surface area contributed by atoms with Crippen molar-refractivity contribution in [2.45, 2.75) is 31.8 Å². The number of imide groups is 1. The van der Waals surface area contributed by atoms with Crippen LogP contribution in [0.25, 0.3) is 10.9 Å². The molecule has 29 heavy (non-hydrogen) atoms. The van der Waals surface area contributed by atoms with Crippen LogP contribution in [0.2, 0.25) is 0 Å². The smallest absolute Gasteiger partial charge is 0.319 e. The molecule has 1 aliphatic heterocycles. The molecule has 7 heteroatoms. The van der Waals surface area contributed by atoms with E-state index in [9.17, 15) is 14.4 Å². The Morgan fingerprint density at radius 3 is 2.41 bits per heavy atom. The molecule has 1 unspecified atom stereocenters. The maximum Gasteiger partial charge on any atom is 0.325 e. The molecule has 0 saturated carbocycles. The minimum Gasteiger partial charge on any atom is -0.319 e. The van der Waals surface area contributed by atoms with Crippen LogP contribution in [0, 0.1) is 0 Å². The molecule has 0 bridgehead atoms. The van der Waals surface area contributed by atoms with Gasteiger partial charge < -0.3 is 5.32 Å². The number of hydrogen-bond acceptors (Lipinski definition) is 4. The zero-order valence-corrected chi connectivity index (χ0v) is 16.4. The van der Waals surface area contributed by atoms with Crippen molar-refractivity contribution in [3.8, 4) is 0 Å². The van der Waals surface area contributed by atoms with Crippen LogP contribution in [0.15, 0.2) is 59.4 Å². The van der Waals surface area contributed by atoms with Gasteiger partial charge in [-0.3, -0.25) is 19.1 Å². The van der Waals surface area contributed by atoms with Crippen molar-refractivity contribution < 1.29 is 9.59 Å². The second-order valence-electron chi connectivity index (χ2n) is 7.25. The lowest BCUT2D eigenvalue weighted by atomic mass is 9.85. The molecule has 0 aliphatic carbocycles. The highest BCUT2D eigenvalue weighted by Gasteiger charge is 2.51. The number of nitrogens with one attached hydrogen (secondary N) is 1. The van der Waals surface area contributed by atoms with Crippen LogP contribution >= 0.6 is 0 Å². The van der Waals surface area contributed by atoms with E-state index in [-0.39, 0.29) is 18.0 Å². The SMILES string of the molecule is CCCC1(c2ccccc2)NC(=O)N(Cc2nc3ccccc3c(=O)n2C)C1=O. The van der Waals surface area contributed by atoms with Crippen molar-refractivity contribution >= 4 is 22.8 Å². The van der Waals surface area contributed by atoms with Gasteiger partial charge in [-0.2, -0.15) is 0 Å². The number of nitrogens with zero attached hydrogens (tertiary/aromatic N) is 3. The molecule has 148 valence electrons. The van der Waals surface area contributed by atoms with Gasteiger partial charge >= 0.3 is 6.03 Å². The minimum atomic E-state index is -1.09. The molecular formula is C22H22N4O3. The number of fused-ring (bicyclic) bond motifs is 1. The molecule has 7 nitrogen and oxygen atoms in total. The van der Waals surface area contributed by atoms with E-state index in [1.54, 1.807) is 31.3 Å². The molecule has 1 aliphatic rings. The molecular weight excluding hydrogens is 368 g/mol. The normalized spacial score (nSPS) is 19.0. The quantitative estimate of drug-likeness (QED) is 0.679. The maximum absolute atomic E-state index is 13.4. The first-order valence-electron chi connectivity index (χ1n) is 9.62. The van der Waals surface area contributed by atoms with Crippen molar-refractivity contribution in [1.29, 1.82) is 0 Å². The summed E-state index contributed by atoms with van der Waals surface area (Å²) in [5, 5.41) is 3.40. The van der Waals surface area contributed by atoms with Crippen molar-refractivity contribution in [3.05, 3.63) is 76.3 Å². The highest BCUT2D eigenvalue weighted by atomic mass is 16.2. The van der Waals surface area contributed by atoms with Gasteiger partial charge in [-0.1, -0.05) is 55.8 Å². The van der Waals surface area contributed by atoms with Gasteiger partial charge in [0.15, 0.2) is 0 Å². The molecule has 2 aromatic carbocycles. The molecule has 0 radical (unpaired) electrons. The summed E-state index contributed by atoms with van der Waals surface area (Å²) in [5.74, 6) is 0.0375. The Hall–Kier alpha value is -3.48. The van der Waals surface area contributed by atoms with Gasteiger partial charge in [0, 0.05) is 7.05 Å². The van der Waals surface area contributed by atoms with Gasteiger partial charge in [0.25, 0.3) is 11.5 Å². The summed E-state index contributed by atoms with van der Waals surface area (Å²) in [6.07, 6.45) is 1.21. The number of amides is 3. The van der Waals surface area contributed by atoms with Gasteiger partial charge in [0.2, 0.25) is 0 Å². The molecule has 1 N–H and O–H groups in total. The number of hydrogen-bond donors (Lipinski definition) is 1. The third-order valence-corrected chi connectivity index (χ3v) is 5.44. The molecule has 1 aromatic heterocycles. The fourth-order valence-electron chi connectivity index (χ4n) is 3.92. The number of para-hydroxylation sites is 1. The standard InChI is InChI=1S/C22H22N4O3/c1-3-13-22(15-9-5-4-6-10-15)20(28)26(21(29)24-22)14-18-23-17-12-8-7-11-16(17)19(27)25(18)2/h4-12H,3,13-14H2,1-2H3,(H,24,29). The lowest BCUT2D eigenvalue weighted by Crippen LogP contribution is -2.44. The first kappa shape index (κ1) is 18.9. The monoisotopic (exact) mass is 390 g/mol. The van der Waals surface area contributed by atoms with Crippen molar-refractivity contribution in [1.82, 2.24) is 19.8 Å². The summed E-state index contributed by atoms with van der Waals surface area (Å²) in [4.78, 5) is 44.5. The highest BCUT2D eigenvalue weighted by Crippen LogP contribution is 2.34. The van der Waals surface area contributed by atoms with E-state index < -0.39 is 11.6 Å². The fraction of sp³-hybridized carbons (Fsp3) is 0.273. The van der Waals surface area contributed by atoms with Crippen LogP contribution < -0.4 is 10.9 Å². The van der Waals surface area contributed by atoms with Gasteiger partial charge in [-0.05, 0) is 24.1 Å². The number of rotatable bonds is 5. The first-order valence-corrected chi connectivity index (χ1v) is 9.62. The minimum absolute atomic E-state index is 0.0699. The number of carbonyl (C=O) groups is 2. The van der Waals surface area contributed by atoms with Crippen LogP contribution in [0.5, 0.6) is 0 Å². The average molecular weight is 390 g/mol. The number of urea groups is 1. The Labute approximate surface area is 168 Å². The van der Waals surface area contributed by atoms with Crippen LogP contribution in [0.4, 0.5) is 4.79 Å². The van der Waals surface area contributed by atoms with Gasteiger partial charge in [-0.15, -0.1) is 0 Å². The molecule has 1 atom stereocenters. The second-order valence-corrected chi connectivity index (χ2v) is 7.25. The molecule has 3 amide bonds. The third-order valence-electron chi connectivity index (χ3n) is 5.44. The molecule has 2 heterocycles. The Bertz CT molecular complexity index is 1160. The van der Waals surface area contributed by atoms with E-state index >= 15 is 0 Å². The highest BCUT2D eigenvalue weighted by molar-refractivity contribution is 6.07. The summed E-state index contributed by atoms with van der Waals surface area (Å²) in [6.45, 7) is 1.90. The van der Waals surface area contributed by atoms with E-state index in [1.807, 2.05) is 37.3 Å². The lowest BCUT2D eigenvalue weighted by Gasteiger charge is -2.27. The van der Waals surface area contributed by atoms with Gasteiger partial charge in [0.05, 0.1) is 17.4 Å².